The summed E-state index contributed by atoms with van der Waals surface area (Å²) in [6.45, 7) is 0.353. The summed E-state index contributed by atoms with van der Waals surface area (Å²) in [4.78, 5) is 13.4. The minimum atomic E-state index is -2.97. The number of likely N-dealkylation sites (N-methyl/N-ethyl adjacent to an activating group) is 1. The number of hydrogen-bond donors (Lipinski definition) is 0. The van der Waals surface area contributed by atoms with E-state index in [1.165, 1.54) is 4.90 Å². The van der Waals surface area contributed by atoms with Crippen LogP contribution in [0.4, 0.5) is 0 Å². The van der Waals surface area contributed by atoms with Gasteiger partial charge in [0.1, 0.15) is 6.61 Å². The predicted molar refractivity (Wildman–Crippen MR) is 75.9 cm³/mol. The van der Waals surface area contributed by atoms with Crippen molar-refractivity contribution < 1.29 is 17.9 Å². The number of sulfone groups is 1. The smallest absolute Gasteiger partial charge is 0.248 e. The van der Waals surface area contributed by atoms with Crippen molar-refractivity contribution in [2.45, 2.75) is 19.1 Å². The molecule has 1 saturated heterocycles. The zero-order valence-corrected chi connectivity index (χ0v) is 12.3. The van der Waals surface area contributed by atoms with E-state index in [0.717, 1.165) is 5.56 Å². The fraction of sp³-hybridized carbons (Fsp3) is 0.500. The molecule has 1 aliphatic rings. The Labute approximate surface area is 119 Å². The van der Waals surface area contributed by atoms with Crippen LogP contribution in [0, 0.1) is 0 Å². The van der Waals surface area contributed by atoms with E-state index in [0.29, 0.717) is 13.0 Å². The fourth-order valence-corrected chi connectivity index (χ4v) is 3.99. The summed E-state index contributed by atoms with van der Waals surface area (Å²) >= 11 is 0. The number of benzene rings is 1. The SMILES string of the molecule is CN(C(=O)COCc1ccccc1)C1CCS(=O)(=O)C1. The van der Waals surface area contributed by atoms with Gasteiger partial charge in [-0.3, -0.25) is 4.79 Å². The quantitative estimate of drug-likeness (QED) is 0.808. The van der Waals surface area contributed by atoms with Crippen molar-refractivity contribution in [1.82, 2.24) is 4.90 Å². The second kappa shape index (κ2) is 6.37. The number of carbonyl (C=O) groups excluding carboxylic acids is 1. The van der Waals surface area contributed by atoms with Crippen LogP contribution in [0.2, 0.25) is 0 Å². The summed E-state index contributed by atoms with van der Waals surface area (Å²) < 4.78 is 28.2. The molecule has 1 aromatic rings. The van der Waals surface area contributed by atoms with E-state index in [-0.39, 0.29) is 30.1 Å². The summed E-state index contributed by atoms with van der Waals surface area (Å²) in [5, 5.41) is 0. The summed E-state index contributed by atoms with van der Waals surface area (Å²) in [5.74, 6) is 0.0525. The molecule has 1 amide bonds. The first-order chi connectivity index (χ1) is 9.48. The van der Waals surface area contributed by atoms with Crippen LogP contribution in [0.15, 0.2) is 30.3 Å². The number of nitrogens with zero attached hydrogens (tertiary/aromatic N) is 1. The van der Waals surface area contributed by atoms with Gasteiger partial charge in [-0.1, -0.05) is 30.3 Å². The fourth-order valence-electron chi connectivity index (χ4n) is 2.22. The van der Waals surface area contributed by atoms with Crippen LogP contribution < -0.4 is 0 Å². The molecule has 0 N–H and O–H groups in total. The van der Waals surface area contributed by atoms with Crippen LogP contribution in [-0.2, 0) is 26.0 Å². The minimum Gasteiger partial charge on any atom is -0.367 e. The van der Waals surface area contributed by atoms with Gasteiger partial charge in [0.15, 0.2) is 9.84 Å². The lowest BCUT2D eigenvalue weighted by molar-refractivity contribution is -0.136. The van der Waals surface area contributed by atoms with Crippen LogP contribution in [0.25, 0.3) is 0 Å². The van der Waals surface area contributed by atoms with Crippen LogP contribution in [-0.4, -0.2) is 50.4 Å². The van der Waals surface area contributed by atoms with E-state index in [1.54, 1.807) is 7.05 Å². The van der Waals surface area contributed by atoms with Gasteiger partial charge in [0.25, 0.3) is 0 Å². The Morgan fingerprint density at radius 3 is 2.65 bits per heavy atom. The zero-order chi connectivity index (χ0) is 14.6. The second-order valence-electron chi connectivity index (χ2n) is 5.04. The van der Waals surface area contributed by atoms with Crippen molar-refractivity contribution in [3.8, 4) is 0 Å². The largest absolute Gasteiger partial charge is 0.367 e. The standard InChI is InChI=1S/C14H19NO4S/c1-15(13-7-8-20(17,18)11-13)14(16)10-19-9-12-5-3-2-4-6-12/h2-6,13H,7-11H2,1H3. The van der Waals surface area contributed by atoms with Crippen molar-refractivity contribution in [3.63, 3.8) is 0 Å². The molecule has 0 spiro atoms. The first-order valence-corrected chi connectivity index (χ1v) is 8.38. The average Bonchev–Trinajstić information content (AvgIpc) is 2.79. The highest BCUT2D eigenvalue weighted by atomic mass is 32.2. The van der Waals surface area contributed by atoms with Crippen LogP contribution in [0.3, 0.4) is 0 Å². The van der Waals surface area contributed by atoms with Gasteiger partial charge in [-0.2, -0.15) is 0 Å². The molecule has 5 nitrogen and oxygen atoms in total. The maximum atomic E-state index is 11.9. The third-order valence-electron chi connectivity index (χ3n) is 3.49. The molecular weight excluding hydrogens is 278 g/mol. The molecule has 1 unspecified atom stereocenters. The van der Waals surface area contributed by atoms with Crippen molar-refractivity contribution >= 4 is 15.7 Å². The lowest BCUT2D eigenvalue weighted by Crippen LogP contribution is -2.39. The monoisotopic (exact) mass is 297 g/mol. The molecule has 0 radical (unpaired) electrons. The predicted octanol–water partition coefficient (Wildman–Crippen LogP) is 0.849. The van der Waals surface area contributed by atoms with Crippen molar-refractivity contribution in [1.29, 1.82) is 0 Å². The maximum Gasteiger partial charge on any atom is 0.248 e. The molecule has 1 atom stereocenters. The highest BCUT2D eigenvalue weighted by Gasteiger charge is 2.32. The number of amides is 1. The van der Waals surface area contributed by atoms with Gasteiger partial charge in [-0.25, -0.2) is 8.42 Å². The van der Waals surface area contributed by atoms with Crippen molar-refractivity contribution in [3.05, 3.63) is 35.9 Å². The summed E-state index contributed by atoms with van der Waals surface area (Å²) in [6.07, 6.45) is 0.517. The van der Waals surface area contributed by atoms with Crippen molar-refractivity contribution in [2.24, 2.45) is 0 Å². The Kier molecular flexibility index (Phi) is 4.77. The van der Waals surface area contributed by atoms with Gasteiger partial charge in [-0.05, 0) is 12.0 Å². The second-order valence-corrected chi connectivity index (χ2v) is 7.27. The highest BCUT2D eigenvalue weighted by molar-refractivity contribution is 7.91. The topological polar surface area (TPSA) is 63.7 Å². The first kappa shape index (κ1) is 15.0. The van der Waals surface area contributed by atoms with E-state index in [1.807, 2.05) is 30.3 Å². The lowest BCUT2D eigenvalue weighted by atomic mass is 10.2. The molecule has 1 aliphatic heterocycles. The molecule has 0 aliphatic carbocycles. The van der Waals surface area contributed by atoms with E-state index >= 15 is 0 Å². The Morgan fingerprint density at radius 1 is 1.35 bits per heavy atom. The normalized spacial score (nSPS) is 20.8. The molecule has 0 aromatic heterocycles. The molecule has 20 heavy (non-hydrogen) atoms. The lowest BCUT2D eigenvalue weighted by Gasteiger charge is -2.23. The van der Waals surface area contributed by atoms with Gasteiger partial charge in [0.2, 0.25) is 5.91 Å². The van der Waals surface area contributed by atoms with Crippen LogP contribution >= 0.6 is 0 Å². The molecule has 6 heteroatoms. The van der Waals surface area contributed by atoms with Gasteiger partial charge in [-0.15, -0.1) is 0 Å². The molecule has 0 bridgehead atoms. The number of ether oxygens (including phenoxy) is 1. The Hall–Kier alpha value is -1.40. The zero-order valence-electron chi connectivity index (χ0n) is 11.5. The molecule has 1 fully saturated rings. The number of rotatable bonds is 5. The number of hydrogen-bond acceptors (Lipinski definition) is 4. The first-order valence-electron chi connectivity index (χ1n) is 6.56. The molecular formula is C14H19NO4S. The summed E-state index contributed by atoms with van der Waals surface area (Å²) in [5.41, 5.74) is 1.01. The van der Waals surface area contributed by atoms with E-state index in [9.17, 15) is 13.2 Å². The molecule has 2 rings (SSSR count). The molecule has 1 aromatic carbocycles. The third-order valence-corrected chi connectivity index (χ3v) is 5.24. The van der Waals surface area contributed by atoms with Crippen LogP contribution in [0.5, 0.6) is 0 Å². The Bertz CT molecular complexity index is 556. The van der Waals surface area contributed by atoms with E-state index in [4.69, 9.17) is 4.74 Å². The van der Waals surface area contributed by atoms with Gasteiger partial charge >= 0.3 is 0 Å². The average molecular weight is 297 g/mol. The molecule has 0 saturated carbocycles. The van der Waals surface area contributed by atoms with Crippen LogP contribution in [0.1, 0.15) is 12.0 Å². The Balaban J connectivity index is 1.77. The number of carbonyl (C=O) groups is 1. The molecule has 1 heterocycles. The maximum absolute atomic E-state index is 11.9. The minimum absolute atomic E-state index is 0.0259. The van der Waals surface area contributed by atoms with E-state index < -0.39 is 9.84 Å². The Morgan fingerprint density at radius 2 is 2.05 bits per heavy atom. The molecule has 110 valence electrons. The van der Waals surface area contributed by atoms with Gasteiger partial charge < -0.3 is 9.64 Å². The highest BCUT2D eigenvalue weighted by Crippen LogP contribution is 2.16. The summed E-state index contributed by atoms with van der Waals surface area (Å²) in [6, 6.07) is 9.39. The van der Waals surface area contributed by atoms with Gasteiger partial charge in [0, 0.05) is 13.1 Å². The third kappa shape index (κ3) is 4.05. The van der Waals surface area contributed by atoms with Crippen molar-refractivity contribution in [2.75, 3.05) is 25.2 Å². The van der Waals surface area contributed by atoms with Gasteiger partial charge in [0.05, 0.1) is 18.1 Å². The summed E-state index contributed by atoms with van der Waals surface area (Å²) in [7, 11) is -1.33. The van der Waals surface area contributed by atoms with E-state index in [2.05, 4.69) is 0 Å².